The molecule has 2 rings (SSSR count). The van der Waals surface area contributed by atoms with Crippen molar-refractivity contribution in [1.82, 2.24) is 5.32 Å². The molecule has 21 heavy (non-hydrogen) atoms. The molecular formula is C18H23NO2. The molecule has 0 spiro atoms. The lowest BCUT2D eigenvalue weighted by Crippen LogP contribution is -2.19. The zero-order valence-electron chi connectivity index (χ0n) is 12.7. The number of phenols is 1. The molecule has 0 radical (unpaired) electrons. The molecule has 2 aromatic rings. The van der Waals surface area contributed by atoms with E-state index >= 15 is 0 Å². The predicted molar refractivity (Wildman–Crippen MR) is 85.1 cm³/mol. The van der Waals surface area contributed by atoms with Crippen molar-refractivity contribution in [2.24, 2.45) is 0 Å². The number of ether oxygens (including phenoxy) is 1. The van der Waals surface area contributed by atoms with E-state index in [2.05, 4.69) is 24.4 Å². The lowest BCUT2D eigenvalue weighted by molar-refractivity contribution is 0.133. The number of nitrogens with one attached hydrogen (secondary N) is 1. The summed E-state index contributed by atoms with van der Waals surface area (Å²) >= 11 is 0. The molecule has 0 heterocycles. The Bertz CT molecular complexity index is 569. The maximum absolute atomic E-state index is 9.89. The number of rotatable bonds is 7. The minimum absolute atomic E-state index is 0.0892. The highest BCUT2D eigenvalue weighted by Crippen LogP contribution is 2.23. The van der Waals surface area contributed by atoms with Crippen molar-refractivity contribution >= 4 is 0 Å². The molecule has 3 nitrogen and oxygen atoms in total. The van der Waals surface area contributed by atoms with E-state index in [1.807, 2.05) is 37.3 Å². The smallest absolute Gasteiger partial charge is 0.120 e. The average molecular weight is 285 g/mol. The lowest BCUT2D eigenvalue weighted by Gasteiger charge is -2.17. The van der Waals surface area contributed by atoms with Crippen LogP contribution >= 0.6 is 0 Å². The van der Waals surface area contributed by atoms with E-state index in [4.69, 9.17) is 4.74 Å². The summed E-state index contributed by atoms with van der Waals surface area (Å²) in [6.45, 7) is 6.16. The first-order valence-electron chi connectivity index (χ1n) is 7.38. The molecular weight excluding hydrogens is 262 g/mol. The van der Waals surface area contributed by atoms with E-state index in [-0.39, 0.29) is 6.04 Å². The number of hydrogen-bond acceptors (Lipinski definition) is 3. The maximum Gasteiger partial charge on any atom is 0.120 e. The molecule has 0 bridgehead atoms. The second-order valence-electron chi connectivity index (χ2n) is 5.07. The summed E-state index contributed by atoms with van der Waals surface area (Å²) in [5, 5.41) is 13.3. The Morgan fingerprint density at radius 3 is 2.43 bits per heavy atom. The molecule has 112 valence electrons. The van der Waals surface area contributed by atoms with E-state index < -0.39 is 0 Å². The largest absolute Gasteiger partial charge is 0.508 e. The van der Waals surface area contributed by atoms with Crippen LogP contribution in [0.2, 0.25) is 0 Å². The van der Waals surface area contributed by atoms with Gasteiger partial charge in [0.1, 0.15) is 5.75 Å². The highest BCUT2D eigenvalue weighted by atomic mass is 16.5. The molecule has 0 fully saturated rings. The summed E-state index contributed by atoms with van der Waals surface area (Å²) in [5.41, 5.74) is 3.35. The first-order valence-corrected chi connectivity index (χ1v) is 7.38. The van der Waals surface area contributed by atoms with Gasteiger partial charge in [-0.2, -0.15) is 0 Å². The van der Waals surface area contributed by atoms with Gasteiger partial charge in [0.15, 0.2) is 0 Å². The number of hydrogen-bond donors (Lipinski definition) is 2. The first kappa shape index (κ1) is 15.5. The minimum atomic E-state index is 0.0892. The van der Waals surface area contributed by atoms with Crippen LogP contribution in [0.3, 0.4) is 0 Å². The van der Waals surface area contributed by atoms with Crippen molar-refractivity contribution in [2.75, 3.05) is 6.61 Å². The summed E-state index contributed by atoms with van der Waals surface area (Å²) in [7, 11) is 0. The van der Waals surface area contributed by atoms with E-state index in [9.17, 15) is 5.11 Å². The van der Waals surface area contributed by atoms with Gasteiger partial charge in [-0.1, -0.05) is 42.5 Å². The molecule has 1 atom stereocenters. The second kappa shape index (κ2) is 7.81. The fourth-order valence-electron chi connectivity index (χ4n) is 2.31. The molecule has 0 aromatic heterocycles. The zero-order chi connectivity index (χ0) is 15.1. The fourth-order valence-corrected chi connectivity index (χ4v) is 2.31. The van der Waals surface area contributed by atoms with Crippen LogP contribution < -0.4 is 5.32 Å². The number of aromatic hydroxyl groups is 1. The number of benzene rings is 2. The Morgan fingerprint density at radius 1 is 1.05 bits per heavy atom. The van der Waals surface area contributed by atoms with Crippen molar-refractivity contribution in [1.29, 1.82) is 0 Å². The van der Waals surface area contributed by atoms with Crippen LogP contribution in [0.15, 0.2) is 48.5 Å². The Labute approximate surface area is 126 Å². The van der Waals surface area contributed by atoms with E-state index in [0.717, 1.165) is 18.7 Å². The Morgan fingerprint density at radius 2 is 1.71 bits per heavy atom. The third-order valence-corrected chi connectivity index (χ3v) is 3.58. The topological polar surface area (TPSA) is 41.5 Å². The Balaban J connectivity index is 2.01. The zero-order valence-corrected chi connectivity index (χ0v) is 12.7. The van der Waals surface area contributed by atoms with Crippen LogP contribution in [0.25, 0.3) is 0 Å². The Hall–Kier alpha value is -1.84. The van der Waals surface area contributed by atoms with Gasteiger partial charge in [0.2, 0.25) is 0 Å². The highest BCUT2D eigenvalue weighted by molar-refractivity contribution is 5.34. The molecule has 0 aliphatic carbocycles. The van der Waals surface area contributed by atoms with Crippen molar-refractivity contribution in [3.63, 3.8) is 0 Å². The van der Waals surface area contributed by atoms with Crippen molar-refractivity contribution in [3.8, 4) is 5.75 Å². The molecule has 2 N–H and O–H groups in total. The van der Waals surface area contributed by atoms with Gasteiger partial charge < -0.3 is 15.2 Å². The SMILES string of the molecule is CCOCc1ccccc1CNC(C)c1ccccc1O. The van der Waals surface area contributed by atoms with Gasteiger partial charge in [-0.15, -0.1) is 0 Å². The van der Waals surface area contributed by atoms with Gasteiger partial charge in [-0.25, -0.2) is 0 Å². The molecule has 0 saturated heterocycles. The van der Waals surface area contributed by atoms with Crippen molar-refractivity contribution in [3.05, 3.63) is 65.2 Å². The number of phenolic OH excluding ortho intramolecular Hbond substituents is 1. The van der Waals surface area contributed by atoms with E-state index in [1.165, 1.54) is 11.1 Å². The first-order chi connectivity index (χ1) is 10.2. The van der Waals surface area contributed by atoms with Crippen molar-refractivity contribution in [2.45, 2.75) is 33.0 Å². The Kier molecular flexibility index (Phi) is 5.78. The van der Waals surface area contributed by atoms with Gasteiger partial charge in [-0.05, 0) is 31.0 Å². The summed E-state index contributed by atoms with van der Waals surface area (Å²) in [6.07, 6.45) is 0. The summed E-state index contributed by atoms with van der Waals surface area (Å²) in [5.74, 6) is 0.333. The van der Waals surface area contributed by atoms with Gasteiger partial charge in [0, 0.05) is 24.8 Å². The molecule has 1 unspecified atom stereocenters. The van der Waals surface area contributed by atoms with Crippen molar-refractivity contribution < 1.29 is 9.84 Å². The molecule has 0 saturated carbocycles. The monoisotopic (exact) mass is 285 g/mol. The molecule has 0 aliphatic heterocycles. The molecule has 0 aliphatic rings. The van der Waals surface area contributed by atoms with Crippen LogP contribution in [-0.4, -0.2) is 11.7 Å². The lowest BCUT2D eigenvalue weighted by atomic mass is 10.1. The minimum Gasteiger partial charge on any atom is -0.508 e. The summed E-state index contributed by atoms with van der Waals surface area (Å²) < 4.78 is 5.50. The van der Waals surface area contributed by atoms with E-state index in [0.29, 0.717) is 12.4 Å². The van der Waals surface area contributed by atoms with Crippen LogP contribution in [0.1, 0.15) is 36.6 Å². The maximum atomic E-state index is 9.89. The normalized spacial score (nSPS) is 12.3. The molecule has 0 amide bonds. The fraction of sp³-hybridized carbons (Fsp3) is 0.333. The molecule has 2 aromatic carbocycles. The van der Waals surface area contributed by atoms with Crippen LogP contribution in [-0.2, 0) is 17.9 Å². The second-order valence-corrected chi connectivity index (χ2v) is 5.07. The van der Waals surface area contributed by atoms with Crippen LogP contribution in [0, 0.1) is 0 Å². The summed E-state index contributed by atoms with van der Waals surface area (Å²) in [4.78, 5) is 0. The summed E-state index contributed by atoms with van der Waals surface area (Å²) in [6, 6.07) is 15.8. The van der Waals surface area contributed by atoms with Crippen LogP contribution in [0.4, 0.5) is 0 Å². The quantitative estimate of drug-likeness (QED) is 0.813. The van der Waals surface area contributed by atoms with Crippen LogP contribution in [0.5, 0.6) is 5.75 Å². The third-order valence-electron chi connectivity index (χ3n) is 3.58. The predicted octanol–water partition coefficient (Wildman–Crippen LogP) is 3.78. The standard InChI is InChI=1S/C18H23NO2/c1-3-21-13-16-9-5-4-8-15(16)12-19-14(2)17-10-6-7-11-18(17)20/h4-11,14,19-20H,3,12-13H2,1-2H3. The number of para-hydroxylation sites is 1. The van der Waals surface area contributed by atoms with Gasteiger partial charge in [0.25, 0.3) is 0 Å². The van der Waals surface area contributed by atoms with Gasteiger partial charge in [0.05, 0.1) is 6.61 Å². The average Bonchev–Trinajstić information content (AvgIpc) is 2.52. The highest BCUT2D eigenvalue weighted by Gasteiger charge is 2.10. The van der Waals surface area contributed by atoms with Gasteiger partial charge in [-0.3, -0.25) is 0 Å². The molecule has 3 heteroatoms. The van der Waals surface area contributed by atoms with Gasteiger partial charge >= 0.3 is 0 Å². The third kappa shape index (κ3) is 4.31. The van der Waals surface area contributed by atoms with E-state index in [1.54, 1.807) is 6.07 Å².